The van der Waals surface area contributed by atoms with Crippen LogP contribution in [0.1, 0.15) is 0 Å². The monoisotopic (exact) mass is 238 g/mol. The number of nitrogens with two attached hydrogens (primary N) is 1. The summed E-state index contributed by atoms with van der Waals surface area (Å²) in [6.07, 6.45) is 1.36. The van der Waals surface area contributed by atoms with Crippen molar-refractivity contribution in [2.75, 3.05) is 5.73 Å². The van der Waals surface area contributed by atoms with Gasteiger partial charge in [-0.25, -0.2) is 4.98 Å². The number of para-hydroxylation sites is 2. The second-order valence-electron chi connectivity index (χ2n) is 3.05. The normalized spacial score (nSPS) is 10.1. The van der Waals surface area contributed by atoms with Crippen molar-refractivity contribution >= 4 is 17.3 Å². The van der Waals surface area contributed by atoms with Crippen LogP contribution in [-0.4, -0.2) is 4.98 Å². The van der Waals surface area contributed by atoms with Gasteiger partial charge in [0.25, 0.3) is 0 Å². The van der Waals surface area contributed by atoms with E-state index in [-0.39, 0.29) is 10.9 Å². The fraction of sp³-hybridized carbons (Fsp3) is 0. The predicted octanol–water partition coefficient (Wildman–Crippen LogP) is 3.25. The van der Waals surface area contributed by atoms with Crippen LogP contribution in [0.15, 0.2) is 36.5 Å². The summed E-state index contributed by atoms with van der Waals surface area (Å²) in [6.45, 7) is 0. The van der Waals surface area contributed by atoms with Gasteiger partial charge in [0, 0.05) is 12.3 Å². The van der Waals surface area contributed by atoms with E-state index < -0.39 is 5.82 Å². The van der Waals surface area contributed by atoms with E-state index in [1.54, 1.807) is 24.3 Å². The summed E-state index contributed by atoms with van der Waals surface area (Å²) in [5.41, 5.74) is 6.09. The third-order valence-electron chi connectivity index (χ3n) is 1.95. The number of hydrogen-bond donors (Lipinski definition) is 1. The Hall–Kier alpha value is -1.81. The number of rotatable bonds is 2. The van der Waals surface area contributed by atoms with Gasteiger partial charge in [0.2, 0.25) is 5.82 Å². The highest BCUT2D eigenvalue weighted by molar-refractivity contribution is 6.29. The van der Waals surface area contributed by atoms with E-state index in [4.69, 9.17) is 22.1 Å². The molecule has 0 unspecified atom stereocenters. The second-order valence-corrected chi connectivity index (χ2v) is 3.41. The number of pyridine rings is 1. The zero-order chi connectivity index (χ0) is 11.5. The molecule has 3 nitrogen and oxygen atoms in total. The van der Waals surface area contributed by atoms with Crippen molar-refractivity contribution in [3.8, 4) is 11.5 Å². The number of hydrogen-bond acceptors (Lipinski definition) is 3. The SMILES string of the molecule is Nc1ccccc1Oc1ccnc(Cl)c1F. The van der Waals surface area contributed by atoms with Crippen molar-refractivity contribution in [3.63, 3.8) is 0 Å². The van der Waals surface area contributed by atoms with Crippen molar-refractivity contribution in [1.29, 1.82) is 0 Å². The van der Waals surface area contributed by atoms with E-state index in [0.717, 1.165) is 0 Å². The fourth-order valence-electron chi connectivity index (χ4n) is 1.17. The van der Waals surface area contributed by atoms with Gasteiger partial charge >= 0.3 is 0 Å². The van der Waals surface area contributed by atoms with Crippen LogP contribution in [0.3, 0.4) is 0 Å². The lowest BCUT2D eigenvalue weighted by Crippen LogP contribution is -1.94. The summed E-state index contributed by atoms with van der Waals surface area (Å²) in [5, 5.41) is -0.230. The largest absolute Gasteiger partial charge is 0.452 e. The summed E-state index contributed by atoms with van der Waals surface area (Å²) in [4.78, 5) is 3.58. The van der Waals surface area contributed by atoms with Gasteiger partial charge in [0.1, 0.15) is 5.75 Å². The van der Waals surface area contributed by atoms with Gasteiger partial charge in [0.05, 0.1) is 5.69 Å². The number of benzene rings is 1. The number of anilines is 1. The van der Waals surface area contributed by atoms with Gasteiger partial charge in [-0.15, -0.1) is 0 Å². The number of nitrogen functional groups attached to an aromatic ring is 1. The topological polar surface area (TPSA) is 48.1 Å². The molecule has 0 amide bonds. The van der Waals surface area contributed by atoms with Crippen molar-refractivity contribution in [1.82, 2.24) is 4.98 Å². The molecule has 0 aliphatic heterocycles. The van der Waals surface area contributed by atoms with Gasteiger partial charge in [0.15, 0.2) is 10.9 Å². The Balaban J connectivity index is 2.35. The highest BCUT2D eigenvalue weighted by Crippen LogP contribution is 2.30. The van der Waals surface area contributed by atoms with Crippen LogP contribution >= 0.6 is 11.6 Å². The molecule has 16 heavy (non-hydrogen) atoms. The first-order chi connectivity index (χ1) is 7.68. The Bertz CT molecular complexity index is 519. The Kier molecular flexibility index (Phi) is 2.92. The number of nitrogens with zero attached hydrogens (tertiary/aromatic N) is 1. The van der Waals surface area contributed by atoms with E-state index in [0.29, 0.717) is 11.4 Å². The molecule has 5 heteroatoms. The Labute approximate surface area is 96.6 Å². The number of ether oxygens (including phenoxy) is 1. The fourth-order valence-corrected chi connectivity index (χ4v) is 1.32. The summed E-state index contributed by atoms with van der Waals surface area (Å²) < 4.78 is 18.8. The molecule has 82 valence electrons. The van der Waals surface area contributed by atoms with Crippen LogP contribution in [-0.2, 0) is 0 Å². The van der Waals surface area contributed by atoms with Crippen LogP contribution in [0.25, 0.3) is 0 Å². The van der Waals surface area contributed by atoms with Crippen molar-refractivity contribution in [3.05, 3.63) is 47.5 Å². The molecule has 2 N–H and O–H groups in total. The predicted molar refractivity (Wildman–Crippen MR) is 60.1 cm³/mol. The highest BCUT2D eigenvalue weighted by atomic mass is 35.5. The average molecular weight is 239 g/mol. The molecular formula is C11H8ClFN2O. The van der Waals surface area contributed by atoms with E-state index in [1.807, 2.05) is 0 Å². The highest BCUT2D eigenvalue weighted by Gasteiger charge is 2.10. The Morgan fingerprint density at radius 1 is 1.19 bits per heavy atom. The van der Waals surface area contributed by atoms with Crippen LogP contribution in [0, 0.1) is 5.82 Å². The molecule has 2 aromatic rings. The van der Waals surface area contributed by atoms with Crippen molar-refractivity contribution < 1.29 is 9.13 Å². The van der Waals surface area contributed by atoms with Crippen LogP contribution in [0.4, 0.5) is 10.1 Å². The summed E-state index contributed by atoms with van der Waals surface area (Å²) in [6, 6.07) is 8.19. The first kappa shape index (κ1) is 10.7. The second kappa shape index (κ2) is 4.37. The molecule has 0 fully saturated rings. The average Bonchev–Trinajstić information content (AvgIpc) is 2.28. The van der Waals surface area contributed by atoms with Crippen molar-refractivity contribution in [2.24, 2.45) is 0 Å². The van der Waals surface area contributed by atoms with Gasteiger partial charge in [-0.1, -0.05) is 23.7 Å². The maximum atomic E-state index is 13.5. The third-order valence-corrected chi connectivity index (χ3v) is 2.21. The summed E-state index contributed by atoms with van der Waals surface area (Å²) in [7, 11) is 0. The number of halogens is 2. The lowest BCUT2D eigenvalue weighted by atomic mass is 10.3. The molecule has 0 atom stereocenters. The molecule has 0 radical (unpaired) electrons. The van der Waals surface area contributed by atoms with Crippen LogP contribution < -0.4 is 10.5 Å². The first-order valence-electron chi connectivity index (χ1n) is 4.51. The minimum Gasteiger partial charge on any atom is -0.452 e. The van der Waals surface area contributed by atoms with Crippen molar-refractivity contribution in [2.45, 2.75) is 0 Å². The molecule has 0 spiro atoms. The molecule has 0 aliphatic rings. The molecule has 2 rings (SSSR count). The molecular weight excluding hydrogens is 231 g/mol. The van der Waals surface area contributed by atoms with E-state index in [2.05, 4.69) is 4.98 Å². The van der Waals surface area contributed by atoms with E-state index in [9.17, 15) is 4.39 Å². The zero-order valence-corrected chi connectivity index (χ0v) is 8.91. The van der Waals surface area contributed by atoms with E-state index >= 15 is 0 Å². The molecule has 1 aromatic carbocycles. The van der Waals surface area contributed by atoms with Gasteiger partial charge in [-0.05, 0) is 12.1 Å². The quantitative estimate of drug-likeness (QED) is 0.645. The standard InChI is InChI=1S/C11H8ClFN2O/c12-11-10(13)9(5-6-15-11)16-8-4-2-1-3-7(8)14/h1-6H,14H2. The van der Waals surface area contributed by atoms with Crippen LogP contribution in [0.2, 0.25) is 5.15 Å². The smallest absolute Gasteiger partial charge is 0.202 e. The summed E-state index contributed by atoms with van der Waals surface area (Å²) in [5.74, 6) is -0.325. The lowest BCUT2D eigenvalue weighted by molar-refractivity contribution is 0.442. The molecule has 0 saturated heterocycles. The maximum Gasteiger partial charge on any atom is 0.202 e. The molecule has 0 saturated carbocycles. The Morgan fingerprint density at radius 3 is 2.69 bits per heavy atom. The van der Waals surface area contributed by atoms with Gasteiger partial charge in [-0.3, -0.25) is 0 Å². The molecule has 0 aliphatic carbocycles. The molecule has 0 bridgehead atoms. The zero-order valence-electron chi connectivity index (χ0n) is 8.15. The minimum atomic E-state index is -0.701. The minimum absolute atomic E-state index is 0.00194. The van der Waals surface area contributed by atoms with Gasteiger partial charge in [-0.2, -0.15) is 4.39 Å². The number of aromatic nitrogens is 1. The maximum absolute atomic E-state index is 13.5. The molecule has 1 heterocycles. The van der Waals surface area contributed by atoms with Crippen LogP contribution in [0.5, 0.6) is 11.5 Å². The van der Waals surface area contributed by atoms with E-state index in [1.165, 1.54) is 12.3 Å². The first-order valence-corrected chi connectivity index (χ1v) is 4.88. The summed E-state index contributed by atoms with van der Waals surface area (Å²) >= 11 is 5.52. The third kappa shape index (κ3) is 2.06. The lowest BCUT2D eigenvalue weighted by Gasteiger charge is -2.08. The van der Waals surface area contributed by atoms with Gasteiger partial charge < -0.3 is 10.5 Å². The Morgan fingerprint density at radius 2 is 1.94 bits per heavy atom. The molecule has 1 aromatic heterocycles.